The number of nitrogens with zero attached hydrogens (tertiary/aromatic N) is 1. The molecular weight excluding hydrogens is 186 g/mol. The Morgan fingerprint density at radius 3 is 2.53 bits per heavy atom. The van der Waals surface area contributed by atoms with Crippen molar-refractivity contribution in [3.8, 4) is 0 Å². The molecule has 0 heterocycles. The monoisotopic (exact) mass is 199 g/mol. The molecule has 0 bridgehead atoms. The molecule has 0 aliphatic heterocycles. The lowest BCUT2D eigenvalue weighted by Gasteiger charge is -2.27. The normalized spacial score (nSPS) is 19.3. The Labute approximate surface area is 89.4 Å². The van der Waals surface area contributed by atoms with E-state index in [9.17, 15) is 5.21 Å². The van der Waals surface area contributed by atoms with Gasteiger partial charge in [0.25, 0.3) is 0 Å². The molecule has 0 spiro atoms. The van der Waals surface area contributed by atoms with Gasteiger partial charge in [-0.15, -0.1) is 0 Å². The molecule has 0 saturated heterocycles. The van der Waals surface area contributed by atoms with Crippen LogP contribution in [-0.4, -0.2) is 11.2 Å². The van der Waals surface area contributed by atoms with E-state index in [1.807, 2.05) is 54.6 Å². The van der Waals surface area contributed by atoms with Gasteiger partial charge in [-0.05, 0) is 17.7 Å². The highest BCUT2D eigenvalue weighted by Gasteiger charge is 2.17. The van der Waals surface area contributed by atoms with Crippen LogP contribution >= 0.6 is 0 Å². The largest absolute Gasteiger partial charge is 0.288 e. The Morgan fingerprint density at radius 1 is 1.13 bits per heavy atom. The molecule has 1 aliphatic carbocycles. The van der Waals surface area contributed by atoms with Crippen molar-refractivity contribution in [1.82, 2.24) is 0 Å². The molecule has 0 saturated carbocycles. The fourth-order valence-electron chi connectivity index (χ4n) is 1.55. The Hall–Kier alpha value is -1.80. The molecule has 1 N–H and O–H groups in total. The molecule has 0 aromatic heterocycles. The van der Waals surface area contributed by atoms with Gasteiger partial charge in [-0.25, -0.2) is 5.06 Å². The molecule has 0 radical (unpaired) electrons. The first-order valence-corrected chi connectivity index (χ1v) is 4.86. The summed E-state index contributed by atoms with van der Waals surface area (Å²) in [6, 6.07) is 9.26. The highest BCUT2D eigenvalue weighted by molar-refractivity contribution is 5.50. The van der Waals surface area contributed by atoms with Gasteiger partial charge in [0.2, 0.25) is 0 Å². The maximum atomic E-state index is 10.0. The number of hydroxylamine groups is 1. The average Bonchev–Trinajstić information content (AvgIpc) is 2.30. The number of hydrogen-bond donors (Lipinski definition) is 1. The van der Waals surface area contributed by atoms with Crippen LogP contribution in [0.2, 0.25) is 0 Å². The minimum absolute atomic E-state index is 0.169. The standard InChI is InChI=1S/C13H13NO/c1-11-7-5-6-10-13(11)14(15)12-8-3-2-4-9-12/h2-10,13,15H,1H2. The Kier molecular flexibility index (Phi) is 2.70. The van der Waals surface area contributed by atoms with Crippen LogP contribution in [0.15, 0.2) is 66.8 Å². The zero-order valence-corrected chi connectivity index (χ0v) is 8.38. The number of allylic oxidation sites excluding steroid dienone is 2. The van der Waals surface area contributed by atoms with Crippen molar-refractivity contribution >= 4 is 5.69 Å². The third-order valence-corrected chi connectivity index (χ3v) is 2.38. The molecule has 1 aliphatic rings. The third-order valence-electron chi connectivity index (χ3n) is 2.38. The van der Waals surface area contributed by atoms with E-state index in [1.54, 1.807) is 0 Å². The predicted octanol–water partition coefficient (Wildman–Crippen LogP) is 2.93. The molecule has 1 unspecified atom stereocenters. The van der Waals surface area contributed by atoms with Crippen molar-refractivity contribution in [2.75, 3.05) is 5.06 Å². The van der Waals surface area contributed by atoms with Gasteiger partial charge in [0.15, 0.2) is 0 Å². The topological polar surface area (TPSA) is 23.5 Å². The van der Waals surface area contributed by atoms with Gasteiger partial charge in [0.1, 0.15) is 0 Å². The summed E-state index contributed by atoms with van der Waals surface area (Å²) < 4.78 is 0. The zero-order valence-electron chi connectivity index (χ0n) is 8.38. The molecule has 1 atom stereocenters. The van der Waals surface area contributed by atoms with Gasteiger partial charge in [0, 0.05) is 0 Å². The molecule has 0 amide bonds. The van der Waals surface area contributed by atoms with Crippen LogP contribution in [0.4, 0.5) is 5.69 Å². The zero-order chi connectivity index (χ0) is 10.7. The summed E-state index contributed by atoms with van der Waals surface area (Å²) in [7, 11) is 0. The molecule has 15 heavy (non-hydrogen) atoms. The van der Waals surface area contributed by atoms with Crippen molar-refractivity contribution in [3.63, 3.8) is 0 Å². The number of hydrogen-bond acceptors (Lipinski definition) is 2. The molecule has 2 heteroatoms. The fourth-order valence-corrected chi connectivity index (χ4v) is 1.55. The summed E-state index contributed by atoms with van der Waals surface area (Å²) >= 11 is 0. The van der Waals surface area contributed by atoms with E-state index in [0.717, 1.165) is 11.3 Å². The lowest BCUT2D eigenvalue weighted by atomic mass is 10.0. The van der Waals surface area contributed by atoms with Crippen molar-refractivity contribution in [2.45, 2.75) is 6.04 Å². The van der Waals surface area contributed by atoms with Gasteiger partial charge >= 0.3 is 0 Å². The first kappa shape index (κ1) is 9.74. The van der Waals surface area contributed by atoms with Crippen LogP contribution in [0.25, 0.3) is 0 Å². The number of benzene rings is 1. The number of anilines is 1. The van der Waals surface area contributed by atoms with Crippen molar-refractivity contribution in [1.29, 1.82) is 0 Å². The van der Waals surface area contributed by atoms with Crippen LogP contribution in [0.3, 0.4) is 0 Å². The maximum absolute atomic E-state index is 10.0. The van der Waals surface area contributed by atoms with E-state index in [-0.39, 0.29) is 6.04 Å². The van der Waals surface area contributed by atoms with E-state index in [0.29, 0.717) is 0 Å². The number of rotatable bonds is 2. The van der Waals surface area contributed by atoms with Crippen LogP contribution < -0.4 is 5.06 Å². The maximum Gasteiger partial charge on any atom is 0.0991 e. The smallest absolute Gasteiger partial charge is 0.0991 e. The Balaban J connectivity index is 2.22. The fraction of sp³-hybridized carbons (Fsp3) is 0.0769. The molecule has 0 fully saturated rings. The average molecular weight is 199 g/mol. The first-order valence-electron chi connectivity index (χ1n) is 4.86. The summed E-state index contributed by atoms with van der Waals surface area (Å²) in [5.41, 5.74) is 1.65. The molecular formula is C13H13NO. The van der Waals surface area contributed by atoms with Gasteiger partial charge in [-0.1, -0.05) is 49.1 Å². The summed E-state index contributed by atoms with van der Waals surface area (Å²) in [6.07, 6.45) is 7.63. The van der Waals surface area contributed by atoms with Gasteiger partial charge < -0.3 is 0 Å². The Bertz CT molecular complexity index is 406. The van der Waals surface area contributed by atoms with E-state index >= 15 is 0 Å². The minimum atomic E-state index is -0.169. The second-order valence-electron chi connectivity index (χ2n) is 3.44. The summed E-state index contributed by atoms with van der Waals surface area (Å²) in [6.45, 7) is 3.90. The molecule has 2 nitrogen and oxygen atoms in total. The molecule has 2 rings (SSSR count). The predicted molar refractivity (Wildman–Crippen MR) is 61.9 cm³/mol. The molecule has 1 aromatic carbocycles. The highest BCUT2D eigenvalue weighted by Crippen LogP contribution is 2.21. The van der Waals surface area contributed by atoms with Crippen LogP contribution in [-0.2, 0) is 0 Å². The van der Waals surface area contributed by atoms with E-state index < -0.39 is 0 Å². The van der Waals surface area contributed by atoms with Crippen LogP contribution in [0, 0.1) is 0 Å². The SMILES string of the molecule is C=C1C=CC=CC1N(O)c1ccccc1. The highest BCUT2D eigenvalue weighted by atomic mass is 16.5. The molecule has 1 aromatic rings. The number of para-hydroxylation sites is 1. The first-order chi connectivity index (χ1) is 7.29. The van der Waals surface area contributed by atoms with Crippen LogP contribution in [0.5, 0.6) is 0 Å². The lowest BCUT2D eigenvalue weighted by molar-refractivity contribution is 0.244. The Morgan fingerprint density at radius 2 is 1.87 bits per heavy atom. The summed E-state index contributed by atoms with van der Waals surface area (Å²) in [5.74, 6) is 0. The van der Waals surface area contributed by atoms with Crippen LogP contribution in [0.1, 0.15) is 0 Å². The molecule has 76 valence electrons. The van der Waals surface area contributed by atoms with E-state index in [4.69, 9.17) is 0 Å². The van der Waals surface area contributed by atoms with Crippen molar-refractivity contribution in [2.24, 2.45) is 0 Å². The van der Waals surface area contributed by atoms with Crippen molar-refractivity contribution < 1.29 is 5.21 Å². The van der Waals surface area contributed by atoms with Gasteiger partial charge in [0.05, 0.1) is 11.7 Å². The quantitative estimate of drug-likeness (QED) is 0.740. The van der Waals surface area contributed by atoms with Crippen molar-refractivity contribution in [3.05, 3.63) is 66.8 Å². The summed E-state index contributed by atoms with van der Waals surface area (Å²) in [4.78, 5) is 0. The third kappa shape index (κ3) is 2.00. The lowest BCUT2D eigenvalue weighted by Crippen LogP contribution is -2.32. The van der Waals surface area contributed by atoms with E-state index in [1.165, 1.54) is 5.06 Å². The van der Waals surface area contributed by atoms with E-state index in [2.05, 4.69) is 6.58 Å². The van der Waals surface area contributed by atoms with Gasteiger partial charge in [-0.2, -0.15) is 0 Å². The second kappa shape index (κ2) is 4.15. The summed E-state index contributed by atoms with van der Waals surface area (Å²) in [5, 5.41) is 11.2. The second-order valence-corrected chi connectivity index (χ2v) is 3.44. The van der Waals surface area contributed by atoms with Gasteiger partial charge in [-0.3, -0.25) is 5.21 Å². The minimum Gasteiger partial charge on any atom is -0.288 e.